The van der Waals surface area contributed by atoms with Crippen LogP contribution in [0.5, 0.6) is 0 Å². The highest BCUT2D eigenvalue weighted by molar-refractivity contribution is 5.78. The van der Waals surface area contributed by atoms with Crippen molar-refractivity contribution in [2.45, 2.75) is 19.8 Å². The van der Waals surface area contributed by atoms with Crippen LogP contribution in [0.1, 0.15) is 18.9 Å². The van der Waals surface area contributed by atoms with Crippen LogP contribution < -0.4 is 5.32 Å². The highest BCUT2D eigenvalue weighted by atomic mass is 19.1. The number of nitrogens with one attached hydrogen (secondary N) is 1. The molecule has 0 fully saturated rings. The van der Waals surface area contributed by atoms with Gasteiger partial charge in [-0.1, -0.05) is 25.1 Å². The SMILES string of the molecule is CC(Cc1ccccc1F)C(=O)NCCCO. The minimum Gasteiger partial charge on any atom is -0.396 e. The maximum absolute atomic E-state index is 13.4. The summed E-state index contributed by atoms with van der Waals surface area (Å²) in [7, 11) is 0. The lowest BCUT2D eigenvalue weighted by Gasteiger charge is -2.12. The monoisotopic (exact) mass is 239 g/mol. The van der Waals surface area contributed by atoms with Gasteiger partial charge in [0.1, 0.15) is 5.82 Å². The van der Waals surface area contributed by atoms with Gasteiger partial charge in [-0.3, -0.25) is 4.79 Å². The fraction of sp³-hybridized carbons (Fsp3) is 0.462. The lowest BCUT2D eigenvalue weighted by molar-refractivity contribution is -0.124. The number of carbonyl (C=O) groups excluding carboxylic acids is 1. The van der Waals surface area contributed by atoms with Crippen LogP contribution in [0.4, 0.5) is 4.39 Å². The van der Waals surface area contributed by atoms with Crippen molar-refractivity contribution in [3.63, 3.8) is 0 Å². The van der Waals surface area contributed by atoms with Crippen LogP contribution in [0.15, 0.2) is 24.3 Å². The lowest BCUT2D eigenvalue weighted by Crippen LogP contribution is -2.31. The second kappa shape index (κ2) is 7.01. The molecule has 0 radical (unpaired) electrons. The van der Waals surface area contributed by atoms with E-state index in [2.05, 4.69) is 5.32 Å². The maximum atomic E-state index is 13.4. The van der Waals surface area contributed by atoms with Crippen molar-refractivity contribution in [3.05, 3.63) is 35.6 Å². The van der Waals surface area contributed by atoms with Gasteiger partial charge in [0.15, 0.2) is 0 Å². The van der Waals surface area contributed by atoms with Crippen molar-refractivity contribution in [3.8, 4) is 0 Å². The van der Waals surface area contributed by atoms with E-state index in [9.17, 15) is 9.18 Å². The third kappa shape index (κ3) is 4.53. The minimum atomic E-state index is -0.275. The first-order valence-electron chi connectivity index (χ1n) is 5.77. The van der Waals surface area contributed by atoms with Crippen molar-refractivity contribution in [1.82, 2.24) is 5.32 Å². The van der Waals surface area contributed by atoms with Gasteiger partial charge >= 0.3 is 0 Å². The van der Waals surface area contributed by atoms with E-state index in [-0.39, 0.29) is 24.2 Å². The molecule has 4 heteroatoms. The number of rotatable bonds is 6. The van der Waals surface area contributed by atoms with E-state index in [0.717, 1.165) is 0 Å². The van der Waals surface area contributed by atoms with Crippen LogP contribution in [0.25, 0.3) is 0 Å². The van der Waals surface area contributed by atoms with E-state index in [1.165, 1.54) is 6.07 Å². The number of benzene rings is 1. The number of aliphatic hydroxyl groups is 1. The Hall–Kier alpha value is -1.42. The molecule has 0 spiro atoms. The first-order chi connectivity index (χ1) is 8.15. The summed E-state index contributed by atoms with van der Waals surface area (Å²) in [5.41, 5.74) is 0.553. The van der Waals surface area contributed by atoms with E-state index in [1.54, 1.807) is 25.1 Å². The molecule has 0 aromatic heterocycles. The molecule has 0 aliphatic carbocycles. The molecule has 0 heterocycles. The summed E-state index contributed by atoms with van der Waals surface area (Å²) in [4.78, 5) is 11.6. The van der Waals surface area contributed by atoms with Gasteiger partial charge in [-0.15, -0.1) is 0 Å². The molecule has 0 aliphatic heterocycles. The molecule has 0 bridgehead atoms. The van der Waals surface area contributed by atoms with Crippen molar-refractivity contribution in [1.29, 1.82) is 0 Å². The standard InChI is InChI=1S/C13H18FNO2/c1-10(13(17)15-7-4-8-16)9-11-5-2-3-6-12(11)14/h2-3,5-6,10,16H,4,7-9H2,1H3,(H,15,17). The van der Waals surface area contributed by atoms with Crippen LogP contribution in [0.2, 0.25) is 0 Å². The molecule has 0 saturated carbocycles. The average Bonchev–Trinajstić information content (AvgIpc) is 2.32. The molecular weight excluding hydrogens is 221 g/mol. The Morgan fingerprint density at radius 2 is 2.18 bits per heavy atom. The first kappa shape index (κ1) is 13.6. The van der Waals surface area contributed by atoms with Gasteiger partial charge < -0.3 is 10.4 Å². The molecule has 1 atom stereocenters. The van der Waals surface area contributed by atoms with Crippen molar-refractivity contribution < 1.29 is 14.3 Å². The topological polar surface area (TPSA) is 49.3 Å². The quantitative estimate of drug-likeness (QED) is 0.739. The highest BCUT2D eigenvalue weighted by Crippen LogP contribution is 2.12. The van der Waals surface area contributed by atoms with Crippen molar-refractivity contribution >= 4 is 5.91 Å². The maximum Gasteiger partial charge on any atom is 0.223 e. The predicted octanol–water partition coefficient (Wildman–Crippen LogP) is 1.50. The zero-order valence-corrected chi connectivity index (χ0v) is 9.95. The number of aliphatic hydroxyl groups excluding tert-OH is 1. The Morgan fingerprint density at radius 1 is 1.47 bits per heavy atom. The number of amides is 1. The zero-order chi connectivity index (χ0) is 12.7. The summed E-state index contributed by atoms with van der Waals surface area (Å²) in [6, 6.07) is 6.47. The second-order valence-electron chi connectivity index (χ2n) is 4.06. The summed E-state index contributed by atoms with van der Waals surface area (Å²) in [6.45, 7) is 2.28. The van der Waals surface area contributed by atoms with Gasteiger partial charge in [0, 0.05) is 19.1 Å². The number of halogens is 1. The number of carbonyl (C=O) groups is 1. The van der Waals surface area contributed by atoms with Crippen molar-refractivity contribution in [2.24, 2.45) is 5.92 Å². The molecule has 0 aliphatic rings. The summed E-state index contributed by atoms with van der Waals surface area (Å²) in [5.74, 6) is -0.658. The zero-order valence-electron chi connectivity index (χ0n) is 9.95. The molecule has 3 nitrogen and oxygen atoms in total. The summed E-state index contributed by atoms with van der Waals surface area (Å²) in [6.07, 6.45) is 0.926. The van der Waals surface area contributed by atoms with Crippen LogP contribution in [0.3, 0.4) is 0 Å². The van der Waals surface area contributed by atoms with Gasteiger partial charge in [0.2, 0.25) is 5.91 Å². The largest absolute Gasteiger partial charge is 0.396 e. The molecule has 94 valence electrons. The van der Waals surface area contributed by atoms with E-state index >= 15 is 0 Å². The van der Waals surface area contributed by atoms with E-state index < -0.39 is 0 Å². The van der Waals surface area contributed by atoms with Crippen LogP contribution >= 0.6 is 0 Å². The van der Waals surface area contributed by atoms with E-state index in [4.69, 9.17) is 5.11 Å². The second-order valence-corrected chi connectivity index (χ2v) is 4.06. The Bertz CT molecular complexity index is 368. The molecule has 1 aromatic carbocycles. The molecule has 1 aromatic rings. The van der Waals surface area contributed by atoms with Gasteiger partial charge in [-0.25, -0.2) is 4.39 Å². The lowest BCUT2D eigenvalue weighted by atomic mass is 10.00. The van der Waals surface area contributed by atoms with Gasteiger partial charge in [-0.05, 0) is 24.5 Å². The minimum absolute atomic E-state index is 0.0575. The van der Waals surface area contributed by atoms with Gasteiger partial charge in [0.05, 0.1) is 0 Å². The number of hydrogen-bond acceptors (Lipinski definition) is 2. The summed E-state index contributed by atoms with van der Waals surface area (Å²) >= 11 is 0. The molecule has 2 N–H and O–H groups in total. The third-order valence-corrected chi connectivity index (χ3v) is 2.57. The summed E-state index contributed by atoms with van der Waals surface area (Å²) in [5, 5.41) is 11.3. The van der Waals surface area contributed by atoms with Crippen molar-refractivity contribution in [2.75, 3.05) is 13.2 Å². The average molecular weight is 239 g/mol. The molecule has 0 saturated heterocycles. The fourth-order valence-electron chi connectivity index (χ4n) is 1.55. The van der Waals surface area contributed by atoms with Crippen LogP contribution in [-0.2, 0) is 11.2 Å². The Balaban J connectivity index is 2.46. The molecule has 1 amide bonds. The predicted molar refractivity (Wildman–Crippen MR) is 64.0 cm³/mol. The van der Waals surface area contributed by atoms with Gasteiger partial charge in [-0.2, -0.15) is 0 Å². The number of hydrogen-bond donors (Lipinski definition) is 2. The Kier molecular flexibility index (Phi) is 5.63. The first-order valence-corrected chi connectivity index (χ1v) is 5.77. The Labute approximate surface area is 101 Å². The molecule has 17 heavy (non-hydrogen) atoms. The highest BCUT2D eigenvalue weighted by Gasteiger charge is 2.14. The molecule has 1 rings (SSSR count). The van der Waals surface area contributed by atoms with E-state index in [0.29, 0.717) is 24.9 Å². The summed E-state index contributed by atoms with van der Waals surface area (Å²) < 4.78 is 13.4. The molecule has 1 unspecified atom stereocenters. The van der Waals surface area contributed by atoms with Crippen LogP contribution in [-0.4, -0.2) is 24.2 Å². The molecular formula is C13H18FNO2. The third-order valence-electron chi connectivity index (χ3n) is 2.57. The van der Waals surface area contributed by atoms with E-state index in [1.807, 2.05) is 0 Å². The Morgan fingerprint density at radius 3 is 2.82 bits per heavy atom. The van der Waals surface area contributed by atoms with Gasteiger partial charge in [0.25, 0.3) is 0 Å². The fourth-order valence-corrected chi connectivity index (χ4v) is 1.55. The van der Waals surface area contributed by atoms with Crippen LogP contribution in [0, 0.1) is 11.7 Å². The smallest absolute Gasteiger partial charge is 0.223 e. The normalized spacial score (nSPS) is 12.2.